The Kier molecular flexibility index (Phi) is 8.92. The molecule has 0 heterocycles. The molecule has 0 aliphatic rings. The Labute approximate surface area is 161 Å². The van der Waals surface area contributed by atoms with E-state index < -0.39 is 0 Å². The van der Waals surface area contributed by atoms with Gasteiger partial charge in [0.1, 0.15) is 0 Å². The van der Waals surface area contributed by atoms with Crippen molar-refractivity contribution >= 4 is 23.0 Å². The fourth-order valence-electron chi connectivity index (χ4n) is 3.29. The van der Waals surface area contributed by atoms with E-state index in [0.717, 1.165) is 37.2 Å². The number of rotatable bonds is 9. The van der Waals surface area contributed by atoms with Gasteiger partial charge in [-0.15, -0.1) is 0 Å². The summed E-state index contributed by atoms with van der Waals surface area (Å²) in [7, 11) is 0. The van der Waals surface area contributed by atoms with Gasteiger partial charge in [-0.25, -0.2) is 0 Å². The summed E-state index contributed by atoms with van der Waals surface area (Å²) in [5, 5.41) is 7.91. The summed E-state index contributed by atoms with van der Waals surface area (Å²) in [6, 6.07) is 6.68. The van der Waals surface area contributed by atoms with Crippen molar-refractivity contribution in [3.8, 4) is 0 Å². The van der Waals surface area contributed by atoms with Crippen molar-refractivity contribution in [1.29, 1.82) is 0 Å². The van der Waals surface area contributed by atoms with E-state index in [2.05, 4.69) is 77.3 Å². The highest BCUT2D eigenvalue weighted by Gasteiger charge is 2.23. The lowest BCUT2D eigenvalue weighted by Gasteiger charge is -2.32. The predicted octanol–water partition coefficient (Wildman–Crippen LogP) is 6.97. The van der Waals surface area contributed by atoms with Crippen molar-refractivity contribution in [1.82, 2.24) is 5.32 Å². The molecule has 0 aliphatic heterocycles. The van der Waals surface area contributed by atoms with Crippen molar-refractivity contribution in [2.75, 3.05) is 5.32 Å². The van der Waals surface area contributed by atoms with E-state index >= 15 is 0 Å². The second kappa shape index (κ2) is 10.2. The Morgan fingerprint density at radius 3 is 1.96 bits per heavy atom. The van der Waals surface area contributed by atoms with Gasteiger partial charge in [0.15, 0.2) is 5.11 Å². The summed E-state index contributed by atoms with van der Waals surface area (Å²) < 4.78 is 0. The molecule has 0 fully saturated rings. The van der Waals surface area contributed by atoms with Crippen LogP contribution in [0.4, 0.5) is 5.69 Å². The topological polar surface area (TPSA) is 24.1 Å². The molecule has 25 heavy (non-hydrogen) atoms. The molecule has 0 amide bonds. The molecule has 0 spiro atoms. The third-order valence-electron chi connectivity index (χ3n) is 5.65. The number of hydrogen-bond acceptors (Lipinski definition) is 1. The molecule has 1 aromatic carbocycles. The van der Waals surface area contributed by atoms with Crippen LogP contribution in [0.3, 0.4) is 0 Å². The van der Waals surface area contributed by atoms with E-state index in [9.17, 15) is 0 Å². The van der Waals surface area contributed by atoms with E-state index in [4.69, 9.17) is 12.2 Å². The maximum atomic E-state index is 5.71. The quantitative estimate of drug-likeness (QED) is 0.464. The first kappa shape index (κ1) is 22.0. The molecule has 3 atom stereocenters. The highest BCUT2D eigenvalue weighted by atomic mass is 32.1. The fourth-order valence-corrected chi connectivity index (χ4v) is 3.64. The number of para-hydroxylation sites is 1. The highest BCUT2D eigenvalue weighted by molar-refractivity contribution is 7.80. The van der Waals surface area contributed by atoms with Crippen molar-refractivity contribution in [2.24, 2.45) is 0 Å². The van der Waals surface area contributed by atoms with E-state index in [1.165, 1.54) is 16.8 Å². The summed E-state index contributed by atoms with van der Waals surface area (Å²) in [6.07, 6.45) is 5.59. The van der Waals surface area contributed by atoms with Gasteiger partial charge in [0.05, 0.1) is 0 Å². The maximum absolute atomic E-state index is 5.71. The SMILES string of the molecule is CCCC(C)(CC)NC(=S)Nc1c(C(C)CC)cccc1C(C)CC. The van der Waals surface area contributed by atoms with Gasteiger partial charge in [-0.3, -0.25) is 0 Å². The smallest absolute Gasteiger partial charge is 0.171 e. The first-order valence-electron chi connectivity index (χ1n) is 10.0. The number of nitrogens with one attached hydrogen (secondary N) is 2. The Morgan fingerprint density at radius 2 is 1.56 bits per heavy atom. The molecule has 0 saturated heterocycles. The lowest BCUT2D eigenvalue weighted by atomic mass is 9.89. The molecule has 0 bridgehead atoms. The maximum Gasteiger partial charge on any atom is 0.171 e. The predicted molar refractivity (Wildman–Crippen MR) is 117 cm³/mol. The van der Waals surface area contributed by atoms with Crippen LogP contribution in [0, 0.1) is 0 Å². The first-order chi connectivity index (χ1) is 11.8. The molecule has 142 valence electrons. The van der Waals surface area contributed by atoms with Crippen LogP contribution in [-0.4, -0.2) is 10.7 Å². The van der Waals surface area contributed by atoms with Crippen LogP contribution in [0.15, 0.2) is 18.2 Å². The third kappa shape index (κ3) is 5.99. The van der Waals surface area contributed by atoms with Crippen LogP contribution in [0.1, 0.15) is 104 Å². The lowest BCUT2D eigenvalue weighted by molar-refractivity contribution is 0.371. The van der Waals surface area contributed by atoms with Gasteiger partial charge in [0, 0.05) is 11.2 Å². The van der Waals surface area contributed by atoms with Gasteiger partial charge in [0.2, 0.25) is 0 Å². The molecule has 3 heteroatoms. The van der Waals surface area contributed by atoms with Gasteiger partial charge >= 0.3 is 0 Å². The minimum absolute atomic E-state index is 0.0562. The zero-order valence-corrected chi connectivity index (χ0v) is 18.1. The van der Waals surface area contributed by atoms with Crippen LogP contribution in [0.2, 0.25) is 0 Å². The highest BCUT2D eigenvalue weighted by Crippen LogP contribution is 2.35. The first-order valence-corrected chi connectivity index (χ1v) is 10.4. The number of benzene rings is 1. The van der Waals surface area contributed by atoms with Crippen molar-refractivity contribution in [3.05, 3.63) is 29.3 Å². The van der Waals surface area contributed by atoms with E-state index in [0.29, 0.717) is 11.8 Å². The van der Waals surface area contributed by atoms with Crippen LogP contribution < -0.4 is 10.6 Å². The summed E-state index contributed by atoms with van der Waals surface area (Å²) in [5.74, 6) is 1.03. The minimum Gasteiger partial charge on any atom is -0.357 e. The van der Waals surface area contributed by atoms with Gasteiger partial charge in [0.25, 0.3) is 0 Å². The van der Waals surface area contributed by atoms with Gasteiger partial charge in [-0.2, -0.15) is 0 Å². The Morgan fingerprint density at radius 1 is 1.04 bits per heavy atom. The van der Waals surface area contributed by atoms with Crippen molar-refractivity contribution < 1.29 is 0 Å². The van der Waals surface area contributed by atoms with Gasteiger partial charge in [-0.05, 0) is 67.8 Å². The third-order valence-corrected chi connectivity index (χ3v) is 5.86. The van der Waals surface area contributed by atoms with Gasteiger partial charge < -0.3 is 10.6 Å². The number of thiocarbonyl (C=S) groups is 1. The van der Waals surface area contributed by atoms with Crippen LogP contribution >= 0.6 is 12.2 Å². The zero-order valence-electron chi connectivity index (χ0n) is 17.3. The number of anilines is 1. The fraction of sp³-hybridized carbons (Fsp3) is 0.682. The minimum atomic E-state index is 0.0562. The van der Waals surface area contributed by atoms with Crippen LogP contribution in [0.5, 0.6) is 0 Å². The molecule has 1 aromatic rings. The summed E-state index contributed by atoms with van der Waals surface area (Å²) in [4.78, 5) is 0. The second-order valence-electron chi connectivity index (χ2n) is 7.67. The Bertz CT molecular complexity index is 527. The Balaban J connectivity index is 3.15. The standard InChI is InChI=1S/C22H38N2S/c1-8-15-22(7,11-4)24-21(25)23-20-18(16(5)9-2)13-12-14-19(20)17(6)10-3/h12-14,16-17H,8-11,15H2,1-7H3,(H2,23,24,25). The molecule has 2 N–H and O–H groups in total. The van der Waals surface area contributed by atoms with E-state index in [1.54, 1.807) is 0 Å². The molecule has 0 aromatic heterocycles. The van der Waals surface area contributed by atoms with E-state index in [1.807, 2.05) is 0 Å². The van der Waals surface area contributed by atoms with E-state index in [-0.39, 0.29) is 5.54 Å². The monoisotopic (exact) mass is 362 g/mol. The summed E-state index contributed by atoms with van der Waals surface area (Å²) in [6.45, 7) is 15.8. The number of hydrogen-bond donors (Lipinski definition) is 2. The molecular weight excluding hydrogens is 324 g/mol. The van der Waals surface area contributed by atoms with Gasteiger partial charge in [-0.1, -0.05) is 66.2 Å². The largest absolute Gasteiger partial charge is 0.357 e. The lowest BCUT2D eigenvalue weighted by Crippen LogP contribution is -2.47. The molecule has 2 nitrogen and oxygen atoms in total. The average molecular weight is 363 g/mol. The molecule has 3 unspecified atom stereocenters. The molecule has 0 aliphatic carbocycles. The molecule has 1 rings (SSSR count). The van der Waals surface area contributed by atoms with Crippen LogP contribution in [0.25, 0.3) is 0 Å². The molecular formula is C22H38N2S. The second-order valence-corrected chi connectivity index (χ2v) is 8.08. The molecule has 0 saturated carbocycles. The normalized spacial score (nSPS) is 16.0. The molecule has 0 radical (unpaired) electrons. The summed E-state index contributed by atoms with van der Waals surface area (Å²) >= 11 is 5.71. The Hall–Kier alpha value is -1.09. The summed E-state index contributed by atoms with van der Waals surface area (Å²) in [5.41, 5.74) is 4.02. The average Bonchev–Trinajstić information content (AvgIpc) is 2.60. The van der Waals surface area contributed by atoms with Crippen molar-refractivity contribution in [2.45, 2.75) is 97.9 Å². The van der Waals surface area contributed by atoms with Crippen molar-refractivity contribution in [3.63, 3.8) is 0 Å². The van der Waals surface area contributed by atoms with Crippen LogP contribution in [-0.2, 0) is 0 Å². The zero-order chi connectivity index (χ0) is 19.0.